The Balaban J connectivity index is 2.12. The second-order valence-corrected chi connectivity index (χ2v) is 5.60. The topological polar surface area (TPSA) is 43.6 Å². The van der Waals surface area contributed by atoms with Crippen LogP contribution in [0.5, 0.6) is 0 Å². The van der Waals surface area contributed by atoms with Crippen LogP contribution in [0, 0.1) is 6.92 Å². The first-order valence-electron chi connectivity index (χ1n) is 6.05. The highest BCUT2D eigenvalue weighted by Gasteiger charge is 2.16. The van der Waals surface area contributed by atoms with Gasteiger partial charge in [-0.1, -0.05) is 34.8 Å². The molecule has 21 heavy (non-hydrogen) atoms. The van der Waals surface area contributed by atoms with Crippen molar-refractivity contribution in [3.63, 3.8) is 0 Å². The zero-order valence-corrected chi connectivity index (χ0v) is 13.2. The first kappa shape index (κ1) is 14.3. The average molecular weight is 340 g/mol. The molecule has 0 amide bonds. The van der Waals surface area contributed by atoms with E-state index in [2.05, 4.69) is 15.1 Å². The van der Waals surface area contributed by atoms with Gasteiger partial charge >= 0.3 is 0 Å². The van der Waals surface area contributed by atoms with Gasteiger partial charge < -0.3 is 0 Å². The van der Waals surface area contributed by atoms with E-state index in [4.69, 9.17) is 34.8 Å². The lowest BCUT2D eigenvalue weighted by Crippen LogP contribution is -1.98. The molecule has 0 aliphatic heterocycles. The van der Waals surface area contributed by atoms with E-state index >= 15 is 0 Å². The summed E-state index contributed by atoms with van der Waals surface area (Å²) in [5.74, 6) is 1.18. The van der Waals surface area contributed by atoms with E-state index < -0.39 is 0 Å². The Hall–Kier alpha value is -1.62. The maximum atomic E-state index is 6.14. The molecule has 0 unspecified atom stereocenters. The molecule has 0 atom stereocenters. The fraction of sp³-hybridized carbons (Fsp3) is 0.0714. The van der Waals surface area contributed by atoms with E-state index in [1.807, 2.05) is 19.1 Å². The van der Waals surface area contributed by atoms with Gasteiger partial charge in [0.1, 0.15) is 5.82 Å². The van der Waals surface area contributed by atoms with Crippen LogP contribution in [0.3, 0.4) is 0 Å². The number of aryl methyl sites for hydroxylation is 1. The summed E-state index contributed by atoms with van der Waals surface area (Å²) in [5.41, 5.74) is 1.43. The monoisotopic (exact) mass is 338 g/mol. The van der Waals surface area contributed by atoms with Crippen LogP contribution >= 0.6 is 34.8 Å². The van der Waals surface area contributed by atoms with E-state index in [0.29, 0.717) is 26.5 Å². The summed E-state index contributed by atoms with van der Waals surface area (Å²) in [4.78, 5) is 8.35. The van der Waals surface area contributed by atoms with Gasteiger partial charge in [-0.3, -0.25) is 4.98 Å². The molecule has 0 aliphatic carbocycles. The minimum Gasteiger partial charge on any atom is -0.262 e. The lowest BCUT2D eigenvalue weighted by atomic mass is 10.2. The van der Waals surface area contributed by atoms with Gasteiger partial charge in [0, 0.05) is 17.4 Å². The van der Waals surface area contributed by atoms with Crippen LogP contribution in [-0.2, 0) is 0 Å². The van der Waals surface area contributed by atoms with Crippen LogP contribution in [0.15, 0.2) is 36.7 Å². The van der Waals surface area contributed by atoms with E-state index in [1.54, 1.807) is 16.8 Å². The number of aromatic nitrogens is 4. The third-order valence-corrected chi connectivity index (χ3v) is 3.74. The molecular formula is C14H9Cl3N4. The Bertz CT molecular complexity index is 776. The molecule has 0 saturated carbocycles. The Labute approximate surface area is 136 Å². The zero-order chi connectivity index (χ0) is 15.0. The van der Waals surface area contributed by atoms with Gasteiger partial charge in [0.25, 0.3) is 0 Å². The molecule has 1 aromatic carbocycles. The van der Waals surface area contributed by atoms with Gasteiger partial charge in [-0.15, -0.1) is 5.10 Å². The van der Waals surface area contributed by atoms with E-state index in [-0.39, 0.29) is 0 Å². The minimum atomic E-state index is 0.413. The van der Waals surface area contributed by atoms with Crippen molar-refractivity contribution >= 4 is 34.8 Å². The molecule has 0 fully saturated rings. The van der Waals surface area contributed by atoms with Crippen molar-refractivity contribution in [2.75, 3.05) is 0 Å². The maximum absolute atomic E-state index is 6.14. The summed E-state index contributed by atoms with van der Waals surface area (Å²) in [6.45, 7) is 1.86. The molecule has 0 aliphatic rings. The minimum absolute atomic E-state index is 0.413. The van der Waals surface area contributed by atoms with Gasteiger partial charge in [-0.25, -0.2) is 9.67 Å². The largest absolute Gasteiger partial charge is 0.262 e. The summed E-state index contributed by atoms with van der Waals surface area (Å²) in [5, 5.41) is 5.96. The van der Waals surface area contributed by atoms with Crippen molar-refractivity contribution in [2.45, 2.75) is 6.92 Å². The van der Waals surface area contributed by atoms with E-state index in [9.17, 15) is 0 Å². The normalized spacial score (nSPS) is 10.9. The zero-order valence-electron chi connectivity index (χ0n) is 10.9. The summed E-state index contributed by atoms with van der Waals surface area (Å²) >= 11 is 18.2. The number of hydrogen-bond acceptors (Lipinski definition) is 3. The average Bonchev–Trinajstić information content (AvgIpc) is 2.81. The SMILES string of the molecule is Cc1nc(-c2c(Cl)cncc2Cl)nn1-c1ccc(Cl)cc1. The number of pyridine rings is 1. The Morgan fingerprint density at radius 2 is 1.57 bits per heavy atom. The van der Waals surface area contributed by atoms with Crippen molar-refractivity contribution in [3.8, 4) is 17.1 Å². The lowest BCUT2D eigenvalue weighted by molar-refractivity contribution is 0.842. The lowest BCUT2D eigenvalue weighted by Gasteiger charge is -2.03. The summed E-state index contributed by atoms with van der Waals surface area (Å²) in [7, 11) is 0. The molecule has 0 saturated heterocycles. The van der Waals surface area contributed by atoms with Crippen LogP contribution in [0.4, 0.5) is 0 Å². The predicted molar refractivity (Wildman–Crippen MR) is 84.4 cm³/mol. The van der Waals surface area contributed by atoms with Crippen molar-refractivity contribution in [3.05, 3.63) is 57.6 Å². The highest BCUT2D eigenvalue weighted by molar-refractivity contribution is 6.38. The molecule has 0 N–H and O–H groups in total. The van der Waals surface area contributed by atoms with Crippen LogP contribution < -0.4 is 0 Å². The Kier molecular flexibility index (Phi) is 3.85. The van der Waals surface area contributed by atoms with Crippen molar-refractivity contribution in [1.29, 1.82) is 0 Å². The molecule has 3 aromatic rings. The van der Waals surface area contributed by atoms with Crippen molar-refractivity contribution in [2.24, 2.45) is 0 Å². The third-order valence-electron chi connectivity index (χ3n) is 2.92. The molecule has 3 rings (SSSR count). The Morgan fingerprint density at radius 3 is 2.19 bits per heavy atom. The van der Waals surface area contributed by atoms with E-state index in [0.717, 1.165) is 11.5 Å². The van der Waals surface area contributed by atoms with Gasteiger partial charge in [0.2, 0.25) is 0 Å². The summed E-state index contributed by atoms with van der Waals surface area (Å²) in [6.07, 6.45) is 3.03. The van der Waals surface area contributed by atoms with Gasteiger partial charge in [-0.05, 0) is 31.2 Å². The standard InChI is InChI=1S/C14H9Cl3N4/c1-8-19-14(13-11(16)6-18-7-12(13)17)20-21(8)10-4-2-9(15)3-5-10/h2-7H,1H3. The molecule has 0 radical (unpaired) electrons. The van der Waals surface area contributed by atoms with Gasteiger partial charge in [-0.2, -0.15) is 0 Å². The van der Waals surface area contributed by atoms with Crippen LogP contribution in [0.1, 0.15) is 5.82 Å². The van der Waals surface area contributed by atoms with Crippen molar-refractivity contribution < 1.29 is 0 Å². The number of nitrogens with zero attached hydrogens (tertiary/aromatic N) is 4. The Morgan fingerprint density at radius 1 is 0.952 bits per heavy atom. The second kappa shape index (κ2) is 5.64. The van der Waals surface area contributed by atoms with E-state index in [1.165, 1.54) is 12.4 Å². The summed E-state index contributed by atoms with van der Waals surface area (Å²) in [6, 6.07) is 7.32. The fourth-order valence-electron chi connectivity index (χ4n) is 1.95. The third kappa shape index (κ3) is 2.75. The molecular weight excluding hydrogens is 331 g/mol. The highest BCUT2D eigenvalue weighted by Crippen LogP contribution is 2.32. The molecule has 0 bridgehead atoms. The first-order valence-corrected chi connectivity index (χ1v) is 7.18. The quantitative estimate of drug-likeness (QED) is 0.685. The number of hydrogen-bond donors (Lipinski definition) is 0. The fourth-order valence-corrected chi connectivity index (χ4v) is 2.61. The molecule has 7 heteroatoms. The van der Waals surface area contributed by atoms with Crippen molar-refractivity contribution in [1.82, 2.24) is 19.7 Å². The molecule has 106 valence electrons. The van der Waals surface area contributed by atoms with Gasteiger partial charge in [0.15, 0.2) is 5.82 Å². The second-order valence-electron chi connectivity index (χ2n) is 4.35. The van der Waals surface area contributed by atoms with Crippen LogP contribution in [0.25, 0.3) is 17.1 Å². The highest BCUT2D eigenvalue weighted by atomic mass is 35.5. The number of halogens is 3. The molecule has 2 heterocycles. The maximum Gasteiger partial charge on any atom is 0.184 e. The molecule has 0 spiro atoms. The number of benzene rings is 1. The van der Waals surface area contributed by atoms with Gasteiger partial charge in [0.05, 0.1) is 21.3 Å². The van der Waals surface area contributed by atoms with Crippen LogP contribution in [-0.4, -0.2) is 19.7 Å². The molecule has 4 nitrogen and oxygen atoms in total. The van der Waals surface area contributed by atoms with Crippen LogP contribution in [0.2, 0.25) is 15.1 Å². The summed E-state index contributed by atoms with van der Waals surface area (Å²) < 4.78 is 1.71. The predicted octanol–water partition coefficient (Wildman–Crippen LogP) is 4.60. The smallest absolute Gasteiger partial charge is 0.184 e. The molecule has 2 aromatic heterocycles. The first-order chi connectivity index (χ1) is 10.1. The number of rotatable bonds is 2.